The topological polar surface area (TPSA) is 122 Å². The molecule has 1 aromatic carbocycles. The number of nitrogens with zero attached hydrogens (tertiary/aromatic N) is 1. The van der Waals surface area contributed by atoms with Crippen molar-refractivity contribution in [2.45, 2.75) is 31.3 Å². The van der Waals surface area contributed by atoms with Gasteiger partial charge in [0.1, 0.15) is 17.8 Å². The van der Waals surface area contributed by atoms with Crippen molar-refractivity contribution in [1.82, 2.24) is 15.5 Å². The molecule has 1 atom stereocenters. The lowest BCUT2D eigenvalue weighted by Gasteiger charge is -2.30. The first-order valence-corrected chi connectivity index (χ1v) is 10.8. The average molecular weight is 409 g/mol. The van der Waals surface area contributed by atoms with Crippen molar-refractivity contribution in [2.24, 2.45) is 0 Å². The Kier molecular flexibility index (Phi) is 5.33. The summed E-state index contributed by atoms with van der Waals surface area (Å²) in [7, 11) is -1.63. The number of methoxy groups -OCH3 is 1. The van der Waals surface area contributed by atoms with Crippen LogP contribution < -0.4 is 15.4 Å². The molecular weight excluding hydrogens is 386 g/mol. The first kappa shape index (κ1) is 20.1. The first-order valence-electron chi connectivity index (χ1n) is 8.94. The molecule has 0 radical (unpaired) electrons. The normalized spacial score (nSPS) is 21.3. The Morgan fingerprint density at radius 2 is 1.86 bits per heavy atom. The third-order valence-corrected chi connectivity index (χ3v) is 6.87. The van der Waals surface area contributed by atoms with E-state index in [1.54, 1.807) is 26.2 Å². The molecule has 0 saturated carbocycles. The van der Waals surface area contributed by atoms with E-state index >= 15 is 0 Å². The molecule has 2 saturated heterocycles. The lowest BCUT2D eigenvalue weighted by Crippen LogP contribution is -2.52. The summed E-state index contributed by atoms with van der Waals surface area (Å²) in [5.41, 5.74) is -0.370. The van der Waals surface area contributed by atoms with Gasteiger partial charge in [-0.1, -0.05) is 12.1 Å². The van der Waals surface area contributed by atoms with E-state index < -0.39 is 39.8 Å². The van der Waals surface area contributed by atoms with Gasteiger partial charge < -0.3 is 15.4 Å². The Labute approximate surface area is 163 Å². The summed E-state index contributed by atoms with van der Waals surface area (Å²) in [6.07, 6.45) is 0.0561. The highest BCUT2D eigenvalue weighted by Gasteiger charge is 2.53. The van der Waals surface area contributed by atoms with E-state index in [9.17, 15) is 22.8 Å². The van der Waals surface area contributed by atoms with Crippen LogP contribution in [-0.2, 0) is 19.4 Å². The standard InChI is InChI=1S/C18H23N3O6S/c1-12(13-3-5-14(27-2)6-4-13)19-15(22)11-21-16(23)18(20-17(21)24)7-9-28(25,26)10-8-18/h3-6,12H,7-11H2,1-2H3,(H,19,22)(H,20,24)/t12-/m0/s1. The number of hydrogen-bond acceptors (Lipinski definition) is 6. The largest absolute Gasteiger partial charge is 0.497 e. The molecule has 0 bridgehead atoms. The average Bonchev–Trinajstić information content (AvgIpc) is 2.89. The van der Waals surface area contributed by atoms with E-state index in [1.165, 1.54) is 0 Å². The number of amides is 4. The molecule has 1 aromatic rings. The lowest BCUT2D eigenvalue weighted by atomic mass is 9.92. The summed E-state index contributed by atoms with van der Waals surface area (Å²) in [5.74, 6) is -0.644. The van der Waals surface area contributed by atoms with Gasteiger partial charge in [0.05, 0.1) is 24.7 Å². The molecule has 0 aliphatic carbocycles. The molecular formula is C18H23N3O6S. The molecule has 0 unspecified atom stereocenters. The zero-order chi connectivity index (χ0) is 20.5. The van der Waals surface area contributed by atoms with E-state index in [4.69, 9.17) is 4.74 Å². The zero-order valence-electron chi connectivity index (χ0n) is 15.7. The van der Waals surface area contributed by atoms with Crippen LogP contribution in [0.25, 0.3) is 0 Å². The maximum atomic E-state index is 12.7. The number of imide groups is 1. The van der Waals surface area contributed by atoms with Crippen molar-refractivity contribution in [3.63, 3.8) is 0 Å². The van der Waals surface area contributed by atoms with Gasteiger partial charge in [-0.2, -0.15) is 0 Å². The smallest absolute Gasteiger partial charge is 0.325 e. The summed E-state index contributed by atoms with van der Waals surface area (Å²) >= 11 is 0. The molecule has 10 heteroatoms. The highest BCUT2D eigenvalue weighted by Crippen LogP contribution is 2.30. The Hall–Kier alpha value is -2.62. The van der Waals surface area contributed by atoms with Crippen LogP contribution in [0.3, 0.4) is 0 Å². The monoisotopic (exact) mass is 409 g/mol. The van der Waals surface area contributed by atoms with Crippen molar-refractivity contribution in [1.29, 1.82) is 0 Å². The minimum atomic E-state index is -3.19. The van der Waals surface area contributed by atoms with Gasteiger partial charge in [-0.25, -0.2) is 13.2 Å². The zero-order valence-corrected chi connectivity index (χ0v) is 16.5. The lowest BCUT2D eigenvalue weighted by molar-refractivity contribution is -0.135. The van der Waals surface area contributed by atoms with Crippen LogP contribution in [-0.4, -0.2) is 61.9 Å². The number of carbonyl (C=O) groups is 3. The van der Waals surface area contributed by atoms with Gasteiger partial charge >= 0.3 is 6.03 Å². The van der Waals surface area contributed by atoms with Crippen molar-refractivity contribution in [3.8, 4) is 5.75 Å². The second-order valence-electron chi connectivity index (χ2n) is 7.12. The van der Waals surface area contributed by atoms with Crippen molar-refractivity contribution >= 4 is 27.7 Å². The number of hydrogen-bond donors (Lipinski definition) is 2. The van der Waals surface area contributed by atoms with Gasteiger partial charge in [-0.15, -0.1) is 0 Å². The number of nitrogens with one attached hydrogen (secondary N) is 2. The molecule has 2 heterocycles. The van der Waals surface area contributed by atoms with Crippen LogP contribution in [0.2, 0.25) is 0 Å². The first-order chi connectivity index (χ1) is 13.2. The van der Waals surface area contributed by atoms with Crippen LogP contribution >= 0.6 is 0 Å². The number of benzene rings is 1. The quantitative estimate of drug-likeness (QED) is 0.678. The highest BCUT2D eigenvalue weighted by atomic mass is 32.2. The fraction of sp³-hybridized carbons (Fsp3) is 0.500. The Bertz CT molecular complexity index is 882. The fourth-order valence-electron chi connectivity index (χ4n) is 3.45. The summed E-state index contributed by atoms with van der Waals surface area (Å²) in [6, 6.07) is 6.18. The van der Waals surface area contributed by atoms with Crippen molar-refractivity contribution in [2.75, 3.05) is 25.2 Å². The number of rotatable bonds is 5. The molecule has 2 fully saturated rings. The SMILES string of the molecule is COc1ccc([C@H](C)NC(=O)CN2C(=O)NC3(CCS(=O)(=O)CC3)C2=O)cc1. The van der Waals surface area contributed by atoms with Crippen LogP contribution in [0.5, 0.6) is 5.75 Å². The van der Waals surface area contributed by atoms with E-state index in [0.29, 0.717) is 5.75 Å². The maximum absolute atomic E-state index is 12.7. The number of urea groups is 1. The molecule has 3 rings (SSSR count). The molecule has 28 heavy (non-hydrogen) atoms. The van der Waals surface area contributed by atoms with Crippen LogP contribution in [0, 0.1) is 0 Å². The molecule has 1 spiro atoms. The fourth-order valence-corrected chi connectivity index (χ4v) is 4.97. The molecule has 4 amide bonds. The van der Waals surface area contributed by atoms with Gasteiger partial charge in [0, 0.05) is 0 Å². The third kappa shape index (κ3) is 3.96. The Morgan fingerprint density at radius 1 is 1.25 bits per heavy atom. The molecule has 0 aromatic heterocycles. The van der Waals surface area contributed by atoms with Gasteiger partial charge in [0.2, 0.25) is 5.91 Å². The minimum absolute atomic E-state index is 0.0281. The van der Waals surface area contributed by atoms with Gasteiger partial charge in [-0.05, 0) is 37.5 Å². The number of carbonyl (C=O) groups excluding carboxylic acids is 3. The molecule has 9 nitrogen and oxygen atoms in total. The summed E-state index contributed by atoms with van der Waals surface area (Å²) in [4.78, 5) is 38.2. The highest BCUT2D eigenvalue weighted by molar-refractivity contribution is 7.91. The molecule has 2 aliphatic rings. The molecule has 2 N–H and O–H groups in total. The maximum Gasteiger partial charge on any atom is 0.325 e. The minimum Gasteiger partial charge on any atom is -0.497 e. The van der Waals surface area contributed by atoms with Gasteiger partial charge in [-0.3, -0.25) is 14.5 Å². The van der Waals surface area contributed by atoms with Gasteiger partial charge in [0.15, 0.2) is 9.84 Å². The predicted octanol–water partition coefficient (Wildman–Crippen LogP) is 0.372. The molecule has 2 aliphatic heterocycles. The van der Waals surface area contributed by atoms with Crippen LogP contribution in [0.4, 0.5) is 4.79 Å². The summed E-state index contributed by atoms with van der Waals surface area (Å²) in [6.45, 7) is 1.37. The second kappa shape index (κ2) is 7.42. The van der Waals surface area contributed by atoms with Crippen LogP contribution in [0.1, 0.15) is 31.4 Å². The number of sulfone groups is 1. The van der Waals surface area contributed by atoms with E-state index in [-0.39, 0.29) is 30.4 Å². The summed E-state index contributed by atoms with van der Waals surface area (Å²) < 4.78 is 28.3. The van der Waals surface area contributed by atoms with E-state index in [1.807, 2.05) is 12.1 Å². The summed E-state index contributed by atoms with van der Waals surface area (Å²) in [5, 5.41) is 5.35. The van der Waals surface area contributed by atoms with E-state index in [2.05, 4.69) is 10.6 Å². The van der Waals surface area contributed by atoms with Crippen molar-refractivity contribution in [3.05, 3.63) is 29.8 Å². The Morgan fingerprint density at radius 3 is 2.43 bits per heavy atom. The molecule has 152 valence electrons. The number of ether oxygens (including phenoxy) is 1. The van der Waals surface area contributed by atoms with Crippen molar-refractivity contribution < 1.29 is 27.5 Å². The second-order valence-corrected chi connectivity index (χ2v) is 9.42. The predicted molar refractivity (Wildman–Crippen MR) is 100 cm³/mol. The third-order valence-electron chi connectivity index (χ3n) is 5.22. The Balaban J connectivity index is 1.62. The van der Waals surface area contributed by atoms with Gasteiger partial charge in [0.25, 0.3) is 5.91 Å². The van der Waals surface area contributed by atoms with E-state index in [0.717, 1.165) is 10.5 Å². The van der Waals surface area contributed by atoms with Crippen LogP contribution in [0.15, 0.2) is 24.3 Å².